The molecule has 4 nitrogen and oxygen atoms in total. The Kier molecular flexibility index (Phi) is 4.54. The van der Waals surface area contributed by atoms with Crippen LogP contribution in [0.4, 0.5) is 0 Å². The monoisotopic (exact) mass is 473 g/mol. The van der Waals surface area contributed by atoms with Gasteiger partial charge in [0.15, 0.2) is 4.80 Å². The second-order valence-electron chi connectivity index (χ2n) is 9.24. The molecule has 0 bridgehead atoms. The topological polar surface area (TPSA) is 39.3 Å². The Balaban J connectivity index is 1.51. The first-order valence-corrected chi connectivity index (χ1v) is 12.7. The molecule has 170 valence electrons. The quantitative estimate of drug-likeness (QED) is 0.363. The lowest BCUT2D eigenvalue weighted by Gasteiger charge is -2.30. The minimum Gasteiger partial charge on any atom is -0.350 e. The first kappa shape index (κ1) is 20.4. The summed E-state index contributed by atoms with van der Waals surface area (Å²) in [7, 11) is 2.04. The van der Waals surface area contributed by atoms with Crippen LogP contribution in [0, 0.1) is 0 Å². The molecule has 0 amide bonds. The number of fused-ring (bicyclic) bond motifs is 4. The van der Waals surface area contributed by atoms with Gasteiger partial charge in [0.1, 0.15) is 0 Å². The molecule has 0 N–H and O–H groups in total. The van der Waals surface area contributed by atoms with Crippen LogP contribution >= 0.6 is 11.3 Å². The summed E-state index contributed by atoms with van der Waals surface area (Å²) >= 11 is 1.49. The van der Waals surface area contributed by atoms with Gasteiger partial charge in [-0.2, -0.15) is 0 Å². The lowest BCUT2D eigenvalue weighted by atomic mass is 9.83. The van der Waals surface area contributed by atoms with Crippen molar-refractivity contribution in [3.05, 3.63) is 133 Å². The number of hydrogen-bond acceptors (Lipinski definition) is 3. The van der Waals surface area contributed by atoms with Crippen molar-refractivity contribution in [3.8, 4) is 0 Å². The van der Waals surface area contributed by atoms with E-state index < -0.39 is 0 Å². The zero-order valence-corrected chi connectivity index (χ0v) is 20.1. The Morgan fingerprint density at radius 3 is 2.60 bits per heavy atom. The molecule has 1 aliphatic heterocycles. The van der Waals surface area contributed by atoms with Gasteiger partial charge in [-0.05, 0) is 41.7 Å². The molecular weight excluding hydrogens is 450 g/mol. The third-order valence-electron chi connectivity index (χ3n) is 7.20. The smallest absolute Gasteiger partial charge is 0.271 e. The van der Waals surface area contributed by atoms with E-state index in [1.807, 2.05) is 35.9 Å². The van der Waals surface area contributed by atoms with E-state index in [-0.39, 0.29) is 11.6 Å². The van der Waals surface area contributed by atoms with Gasteiger partial charge in [-0.15, -0.1) is 0 Å². The molecule has 3 heterocycles. The first-order chi connectivity index (χ1) is 17.2. The number of aryl methyl sites for hydroxylation is 2. The van der Waals surface area contributed by atoms with Gasteiger partial charge in [-0.25, -0.2) is 4.99 Å². The summed E-state index contributed by atoms with van der Waals surface area (Å²) in [6, 6.07) is 27.1. The molecule has 0 radical (unpaired) electrons. The molecule has 1 atom stereocenters. The molecule has 0 saturated carbocycles. The normalized spacial score (nSPS) is 17.2. The second-order valence-corrected chi connectivity index (χ2v) is 10.2. The molecule has 2 aliphatic rings. The van der Waals surface area contributed by atoms with E-state index >= 15 is 0 Å². The molecule has 0 spiro atoms. The number of rotatable bonds is 2. The number of para-hydroxylation sites is 1. The average molecular weight is 474 g/mol. The van der Waals surface area contributed by atoms with E-state index in [2.05, 4.69) is 71.4 Å². The predicted octanol–water partition coefficient (Wildman–Crippen LogP) is 4.81. The van der Waals surface area contributed by atoms with E-state index in [0.29, 0.717) is 4.53 Å². The second kappa shape index (κ2) is 7.79. The van der Waals surface area contributed by atoms with Crippen LogP contribution in [0.15, 0.2) is 100 Å². The summed E-state index contributed by atoms with van der Waals surface area (Å²) in [5, 5.41) is 1.15. The third-order valence-corrected chi connectivity index (χ3v) is 8.19. The van der Waals surface area contributed by atoms with E-state index in [1.54, 1.807) is 0 Å². The largest absolute Gasteiger partial charge is 0.350 e. The Hall–Kier alpha value is -3.96. The SMILES string of the molecule is Cn1cc(/C=c2\sc3n(c2=O)C(c2ccccc2)C2=C(N=3)c3ccccc3CC2)c2ccccc21. The minimum absolute atomic E-state index is 0.0287. The van der Waals surface area contributed by atoms with Gasteiger partial charge in [-0.3, -0.25) is 9.36 Å². The average Bonchev–Trinajstić information content (AvgIpc) is 3.39. The van der Waals surface area contributed by atoms with Crippen LogP contribution in [0.5, 0.6) is 0 Å². The van der Waals surface area contributed by atoms with E-state index in [1.165, 1.54) is 28.0 Å². The van der Waals surface area contributed by atoms with Gasteiger partial charge in [0.2, 0.25) is 0 Å². The number of benzene rings is 3. The van der Waals surface area contributed by atoms with Crippen molar-refractivity contribution in [2.45, 2.75) is 18.9 Å². The fourth-order valence-corrected chi connectivity index (χ4v) is 6.58. The van der Waals surface area contributed by atoms with Crippen molar-refractivity contribution < 1.29 is 0 Å². The summed E-state index contributed by atoms with van der Waals surface area (Å²) in [6.45, 7) is 0. The van der Waals surface area contributed by atoms with Crippen LogP contribution in [0.25, 0.3) is 22.7 Å². The Morgan fingerprint density at radius 2 is 1.71 bits per heavy atom. The lowest BCUT2D eigenvalue weighted by molar-refractivity contribution is 0.585. The summed E-state index contributed by atoms with van der Waals surface area (Å²) in [5.74, 6) is 0. The van der Waals surface area contributed by atoms with Gasteiger partial charge < -0.3 is 4.57 Å². The predicted molar refractivity (Wildman–Crippen MR) is 142 cm³/mol. The molecule has 5 aromatic rings. The van der Waals surface area contributed by atoms with Crippen LogP contribution < -0.4 is 14.9 Å². The molecule has 0 fully saturated rings. The molecular formula is C30H23N3OS. The van der Waals surface area contributed by atoms with Crippen molar-refractivity contribution >= 4 is 34.0 Å². The summed E-state index contributed by atoms with van der Waals surface area (Å²) in [6.07, 6.45) is 6.00. The maximum Gasteiger partial charge on any atom is 0.271 e. The fraction of sp³-hybridized carbons (Fsp3) is 0.133. The minimum atomic E-state index is -0.134. The maximum atomic E-state index is 13.9. The van der Waals surface area contributed by atoms with Crippen molar-refractivity contribution in [2.75, 3.05) is 0 Å². The number of hydrogen-bond donors (Lipinski definition) is 0. The van der Waals surface area contributed by atoms with E-state index in [9.17, 15) is 4.79 Å². The number of thiazole rings is 1. The molecule has 7 rings (SSSR count). The summed E-state index contributed by atoms with van der Waals surface area (Å²) < 4.78 is 4.75. The Morgan fingerprint density at radius 1 is 0.943 bits per heavy atom. The fourth-order valence-electron chi connectivity index (χ4n) is 5.59. The molecule has 1 aliphatic carbocycles. The highest BCUT2D eigenvalue weighted by Gasteiger charge is 2.32. The zero-order valence-electron chi connectivity index (χ0n) is 19.3. The van der Waals surface area contributed by atoms with E-state index in [4.69, 9.17) is 4.99 Å². The van der Waals surface area contributed by atoms with Crippen LogP contribution in [0.3, 0.4) is 0 Å². The van der Waals surface area contributed by atoms with Crippen LogP contribution in [-0.4, -0.2) is 9.13 Å². The molecule has 1 unspecified atom stereocenters. The van der Waals surface area contributed by atoms with Crippen LogP contribution in [0.1, 0.15) is 34.7 Å². The zero-order chi connectivity index (χ0) is 23.5. The molecule has 0 saturated heterocycles. The highest BCUT2D eigenvalue weighted by Crippen LogP contribution is 2.41. The summed E-state index contributed by atoms with van der Waals surface area (Å²) in [5.41, 5.74) is 8.17. The van der Waals surface area contributed by atoms with Crippen LogP contribution in [0.2, 0.25) is 0 Å². The summed E-state index contributed by atoms with van der Waals surface area (Å²) in [4.78, 5) is 19.8. The Labute approximate surface area is 206 Å². The highest BCUT2D eigenvalue weighted by atomic mass is 32.1. The van der Waals surface area contributed by atoms with Crippen LogP contribution in [-0.2, 0) is 13.5 Å². The van der Waals surface area contributed by atoms with E-state index in [0.717, 1.165) is 45.4 Å². The molecule has 2 aromatic heterocycles. The van der Waals surface area contributed by atoms with Gasteiger partial charge in [0, 0.05) is 35.3 Å². The highest BCUT2D eigenvalue weighted by molar-refractivity contribution is 7.07. The first-order valence-electron chi connectivity index (χ1n) is 11.9. The maximum absolute atomic E-state index is 13.9. The van der Waals surface area contributed by atoms with Gasteiger partial charge in [0.05, 0.1) is 16.3 Å². The standard InChI is InChI=1S/C30H23N3OS/c1-32-18-21(22-12-7-8-14-25(22)32)17-26-29(34)33-28(20-10-3-2-4-11-20)24-16-15-19-9-5-6-13-23(19)27(24)31-30(33)35-26/h2-14,17-18,28H,15-16H2,1H3/b26-17-. The number of allylic oxidation sites excluding steroid dienone is 1. The van der Waals surface area contributed by atoms with Crippen molar-refractivity contribution in [1.29, 1.82) is 0 Å². The lowest BCUT2D eigenvalue weighted by Crippen LogP contribution is -2.38. The van der Waals surface area contributed by atoms with Crippen molar-refractivity contribution in [2.24, 2.45) is 12.0 Å². The number of nitrogens with zero attached hydrogens (tertiary/aromatic N) is 3. The molecule has 3 aromatic carbocycles. The van der Waals surface area contributed by atoms with Gasteiger partial charge >= 0.3 is 0 Å². The third kappa shape index (κ3) is 3.12. The van der Waals surface area contributed by atoms with Crippen molar-refractivity contribution in [3.63, 3.8) is 0 Å². The molecule has 35 heavy (non-hydrogen) atoms. The van der Waals surface area contributed by atoms with Gasteiger partial charge in [-0.1, -0.05) is 84.1 Å². The van der Waals surface area contributed by atoms with Crippen molar-refractivity contribution in [1.82, 2.24) is 9.13 Å². The molecule has 5 heteroatoms. The Bertz CT molecular complexity index is 1840. The number of aromatic nitrogens is 2. The van der Waals surface area contributed by atoms with Gasteiger partial charge in [0.25, 0.3) is 5.56 Å².